The van der Waals surface area contributed by atoms with Crippen LogP contribution in [0.15, 0.2) is 24.3 Å². The maximum atomic E-state index is 11.9. The SMILES string of the molecule is C[C@@H]1CC(=O)Nc2ccccc2N1Cc1nnsc1Cl. The highest BCUT2D eigenvalue weighted by atomic mass is 35.5. The predicted molar refractivity (Wildman–Crippen MR) is 80.3 cm³/mol. The first kappa shape index (κ1) is 13.3. The molecule has 1 N–H and O–H groups in total. The van der Waals surface area contributed by atoms with Crippen LogP contribution in [0.25, 0.3) is 0 Å². The molecule has 3 rings (SSSR count). The molecule has 0 saturated heterocycles. The molecule has 104 valence electrons. The summed E-state index contributed by atoms with van der Waals surface area (Å²) in [5, 5.41) is 6.99. The number of hydrogen-bond donors (Lipinski definition) is 1. The molecule has 2 heterocycles. The van der Waals surface area contributed by atoms with Gasteiger partial charge in [-0.1, -0.05) is 28.2 Å². The number of rotatable bonds is 2. The minimum atomic E-state index is 0.0231. The number of nitrogens with one attached hydrogen (secondary N) is 1. The standard InChI is InChI=1S/C13H13ClN4OS/c1-8-6-12(19)15-9-4-2-3-5-11(9)18(8)7-10-13(14)20-17-16-10/h2-5,8H,6-7H2,1H3,(H,15,19)/t8-/m1/s1. The van der Waals surface area contributed by atoms with Crippen molar-refractivity contribution in [3.8, 4) is 0 Å². The van der Waals surface area contributed by atoms with E-state index in [1.54, 1.807) is 0 Å². The highest BCUT2D eigenvalue weighted by molar-refractivity contribution is 7.10. The molecule has 5 nitrogen and oxygen atoms in total. The number of fused-ring (bicyclic) bond motifs is 1. The normalized spacial score (nSPS) is 18.4. The molecular formula is C13H13ClN4OS. The Balaban J connectivity index is 1.99. The quantitative estimate of drug-likeness (QED) is 0.926. The van der Waals surface area contributed by atoms with E-state index in [-0.39, 0.29) is 11.9 Å². The zero-order valence-corrected chi connectivity index (χ0v) is 12.4. The third kappa shape index (κ3) is 2.48. The molecule has 20 heavy (non-hydrogen) atoms. The van der Waals surface area contributed by atoms with Gasteiger partial charge >= 0.3 is 0 Å². The van der Waals surface area contributed by atoms with Gasteiger partial charge in [0, 0.05) is 24.0 Å². The van der Waals surface area contributed by atoms with E-state index in [0.29, 0.717) is 17.3 Å². The summed E-state index contributed by atoms with van der Waals surface area (Å²) in [6.45, 7) is 2.57. The van der Waals surface area contributed by atoms with Crippen LogP contribution in [-0.2, 0) is 11.3 Å². The number of nitrogens with zero attached hydrogens (tertiary/aromatic N) is 3. The van der Waals surface area contributed by atoms with Crippen LogP contribution in [-0.4, -0.2) is 21.5 Å². The van der Waals surface area contributed by atoms with Crippen LogP contribution >= 0.6 is 23.1 Å². The van der Waals surface area contributed by atoms with Gasteiger partial charge in [0.2, 0.25) is 5.91 Å². The monoisotopic (exact) mass is 308 g/mol. The molecular weight excluding hydrogens is 296 g/mol. The largest absolute Gasteiger partial charge is 0.361 e. The number of amides is 1. The maximum absolute atomic E-state index is 11.9. The number of aromatic nitrogens is 2. The first-order chi connectivity index (χ1) is 9.65. The molecule has 0 spiro atoms. The summed E-state index contributed by atoms with van der Waals surface area (Å²) in [6, 6.07) is 7.82. The van der Waals surface area contributed by atoms with Crippen LogP contribution in [0.1, 0.15) is 19.0 Å². The minimum absolute atomic E-state index is 0.0231. The molecule has 0 unspecified atom stereocenters. The van der Waals surface area contributed by atoms with E-state index in [4.69, 9.17) is 11.6 Å². The molecule has 0 bridgehead atoms. The van der Waals surface area contributed by atoms with Gasteiger partial charge in [-0.25, -0.2) is 0 Å². The first-order valence-electron chi connectivity index (χ1n) is 6.27. The van der Waals surface area contributed by atoms with E-state index >= 15 is 0 Å². The molecule has 7 heteroatoms. The van der Waals surface area contributed by atoms with Crippen LogP contribution in [0.5, 0.6) is 0 Å². The van der Waals surface area contributed by atoms with Gasteiger partial charge in [-0.05, 0) is 19.1 Å². The smallest absolute Gasteiger partial charge is 0.226 e. The molecule has 0 saturated carbocycles. The fraction of sp³-hybridized carbons (Fsp3) is 0.308. The third-order valence-electron chi connectivity index (χ3n) is 3.33. The minimum Gasteiger partial charge on any atom is -0.361 e. The number of anilines is 2. The van der Waals surface area contributed by atoms with Gasteiger partial charge < -0.3 is 10.2 Å². The molecule has 0 aliphatic carbocycles. The molecule has 1 amide bonds. The lowest BCUT2D eigenvalue weighted by Gasteiger charge is -2.29. The molecule has 1 aliphatic heterocycles. The van der Waals surface area contributed by atoms with Gasteiger partial charge in [-0.3, -0.25) is 4.79 Å². The lowest BCUT2D eigenvalue weighted by molar-refractivity contribution is -0.116. The highest BCUT2D eigenvalue weighted by Gasteiger charge is 2.26. The predicted octanol–water partition coefficient (Wildman–Crippen LogP) is 2.93. The van der Waals surface area contributed by atoms with Gasteiger partial charge in [0.05, 0.1) is 17.9 Å². The second-order valence-electron chi connectivity index (χ2n) is 4.74. The fourth-order valence-corrected chi connectivity index (χ4v) is 2.95. The lowest BCUT2D eigenvalue weighted by atomic mass is 10.1. The molecule has 1 aliphatic rings. The summed E-state index contributed by atoms with van der Waals surface area (Å²) in [6.07, 6.45) is 0.434. The van der Waals surface area contributed by atoms with Gasteiger partial charge in [0.1, 0.15) is 10.0 Å². The Morgan fingerprint density at radius 2 is 2.30 bits per heavy atom. The van der Waals surface area contributed by atoms with Crippen LogP contribution in [0, 0.1) is 0 Å². The number of hydrogen-bond acceptors (Lipinski definition) is 5. The van der Waals surface area contributed by atoms with E-state index in [0.717, 1.165) is 17.1 Å². The van der Waals surface area contributed by atoms with Gasteiger partial charge in [0.15, 0.2) is 0 Å². The van der Waals surface area contributed by atoms with Gasteiger partial charge in [-0.2, -0.15) is 0 Å². The molecule has 1 aromatic heterocycles. The van der Waals surface area contributed by atoms with Crippen molar-refractivity contribution in [1.29, 1.82) is 0 Å². The maximum Gasteiger partial charge on any atom is 0.226 e. The van der Waals surface area contributed by atoms with Gasteiger partial charge in [0.25, 0.3) is 0 Å². The number of para-hydroxylation sites is 2. The number of benzene rings is 1. The van der Waals surface area contributed by atoms with Crippen molar-refractivity contribution < 1.29 is 4.79 Å². The molecule has 0 radical (unpaired) electrons. The van der Waals surface area contributed by atoms with Crippen molar-refractivity contribution in [2.24, 2.45) is 0 Å². The summed E-state index contributed by atoms with van der Waals surface area (Å²) >= 11 is 7.26. The van der Waals surface area contributed by atoms with E-state index in [2.05, 4.69) is 19.8 Å². The molecule has 2 aromatic rings. The summed E-state index contributed by atoms with van der Waals surface area (Å²) in [5.41, 5.74) is 2.55. The Morgan fingerprint density at radius 3 is 3.05 bits per heavy atom. The Kier molecular flexibility index (Phi) is 3.58. The Bertz CT molecular complexity index is 645. The summed E-state index contributed by atoms with van der Waals surface area (Å²) in [4.78, 5) is 14.0. The third-order valence-corrected chi connectivity index (χ3v) is 4.31. The van der Waals surface area contributed by atoms with Crippen LogP contribution in [0.3, 0.4) is 0 Å². The zero-order chi connectivity index (χ0) is 14.1. The molecule has 1 aromatic carbocycles. The van der Waals surface area contributed by atoms with Crippen molar-refractivity contribution in [3.63, 3.8) is 0 Å². The van der Waals surface area contributed by atoms with Crippen LogP contribution in [0.4, 0.5) is 11.4 Å². The first-order valence-corrected chi connectivity index (χ1v) is 7.42. The average Bonchev–Trinajstić information content (AvgIpc) is 2.76. The topological polar surface area (TPSA) is 58.1 Å². The summed E-state index contributed by atoms with van der Waals surface area (Å²) < 4.78 is 4.45. The zero-order valence-electron chi connectivity index (χ0n) is 10.8. The van der Waals surface area contributed by atoms with Gasteiger partial charge in [-0.15, -0.1) is 5.10 Å². The number of carbonyl (C=O) groups is 1. The second-order valence-corrected chi connectivity index (χ2v) is 6.10. The Morgan fingerprint density at radius 1 is 1.50 bits per heavy atom. The average molecular weight is 309 g/mol. The van der Waals surface area contributed by atoms with E-state index < -0.39 is 0 Å². The fourth-order valence-electron chi connectivity index (χ4n) is 2.34. The number of halogens is 1. The molecule has 1 atom stereocenters. The van der Waals surface area contributed by atoms with E-state index in [1.807, 2.05) is 31.2 Å². The van der Waals surface area contributed by atoms with Crippen molar-refractivity contribution >= 4 is 40.4 Å². The Labute approximate surface area is 125 Å². The van der Waals surface area contributed by atoms with Crippen LogP contribution < -0.4 is 10.2 Å². The second kappa shape index (κ2) is 5.38. The summed E-state index contributed by atoms with van der Waals surface area (Å²) in [5.74, 6) is 0.0231. The summed E-state index contributed by atoms with van der Waals surface area (Å²) in [7, 11) is 0. The Hall–Kier alpha value is -1.66. The lowest BCUT2D eigenvalue weighted by Crippen LogP contribution is -2.33. The van der Waals surface area contributed by atoms with E-state index in [9.17, 15) is 4.79 Å². The van der Waals surface area contributed by atoms with Crippen molar-refractivity contribution in [2.45, 2.75) is 25.9 Å². The van der Waals surface area contributed by atoms with Crippen LogP contribution in [0.2, 0.25) is 4.34 Å². The number of carbonyl (C=O) groups excluding carboxylic acids is 1. The van der Waals surface area contributed by atoms with E-state index in [1.165, 1.54) is 11.5 Å². The van der Waals surface area contributed by atoms with Crippen molar-refractivity contribution in [2.75, 3.05) is 10.2 Å². The van der Waals surface area contributed by atoms with Crippen molar-refractivity contribution in [1.82, 2.24) is 9.59 Å². The highest BCUT2D eigenvalue weighted by Crippen LogP contribution is 2.33. The van der Waals surface area contributed by atoms with Crippen molar-refractivity contribution in [3.05, 3.63) is 34.3 Å². The molecule has 0 fully saturated rings.